The number of hydrogen-bond acceptors (Lipinski definition) is 9. The Hall–Kier alpha value is -3.18. The van der Waals surface area contributed by atoms with Crippen LogP contribution in [0, 0.1) is 17.8 Å². The highest BCUT2D eigenvalue weighted by Gasteiger charge is 2.29. The van der Waals surface area contributed by atoms with E-state index in [2.05, 4.69) is 56.2 Å². The Bertz CT molecular complexity index is 970. The number of nitrogens with zero attached hydrogens (tertiary/aromatic N) is 9. The first-order valence-corrected chi connectivity index (χ1v) is 17.3. The fourth-order valence-corrected chi connectivity index (χ4v) is 5.95. The molecule has 1 aromatic heterocycles. The molecule has 0 atom stereocenters. The lowest BCUT2D eigenvalue weighted by atomic mass is 10.1. The van der Waals surface area contributed by atoms with Crippen LogP contribution in [0.1, 0.15) is 80.1 Å². The molecule has 3 saturated heterocycles. The van der Waals surface area contributed by atoms with Gasteiger partial charge in [0, 0.05) is 97.8 Å². The number of rotatable bonds is 12. The summed E-state index contributed by atoms with van der Waals surface area (Å²) in [5, 5.41) is 0. The highest BCUT2D eigenvalue weighted by molar-refractivity contribution is 5.77. The molecule has 1 aromatic rings. The van der Waals surface area contributed by atoms with E-state index >= 15 is 0 Å². The van der Waals surface area contributed by atoms with Crippen molar-refractivity contribution in [3.8, 4) is 0 Å². The topological polar surface area (TPSA) is 109 Å². The van der Waals surface area contributed by atoms with E-state index in [0.29, 0.717) is 133 Å². The molecule has 0 aliphatic carbocycles. The molecular weight excluding hydrogens is 570 g/mol. The SMILES string of the molecule is CC(C)CCC(=O)N1CCN(c2nc(N3CCN(C(=O)CCC(C)C)CC3)nc(N3CCN(C(=O)CCC(C)C)CC3)n2)CC1. The fourth-order valence-electron chi connectivity index (χ4n) is 5.95. The van der Waals surface area contributed by atoms with Crippen LogP contribution in [0.5, 0.6) is 0 Å². The van der Waals surface area contributed by atoms with Crippen LogP contribution in [-0.4, -0.2) is 126 Å². The molecule has 3 aliphatic rings. The lowest BCUT2D eigenvalue weighted by Gasteiger charge is -2.38. The zero-order chi connectivity index (χ0) is 32.5. The fraction of sp³-hybridized carbons (Fsp3) is 0.818. The molecule has 12 nitrogen and oxygen atoms in total. The predicted molar refractivity (Wildman–Crippen MR) is 178 cm³/mol. The summed E-state index contributed by atoms with van der Waals surface area (Å²) in [5.41, 5.74) is 0. The van der Waals surface area contributed by atoms with E-state index in [9.17, 15) is 14.4 Å². The zero-order valence-electron chi connectivity index (χ0n) is 28.7. The second-order valence-electron chi connectivity index (χ2n) is 14.1. The van der Waals surface area contributed by atoms with Gasteiger partial charge in [-0.3, -0.25) is 14.4 Å². The molecule has 3 amide bonds. The molecule has 0 unspecified atom stereocenters. The summed E-state index contributed by atoms with van der Waals surface area (Å²) in [6, 6.07) is 0. The summed E-state index contributed by atoms with van der Waals surface area (Å²) < 4.78 is 0. The van der Waals surface area contributed by atoms with E-state index in [0.717, 1.165) is 19.3 Å². The molecule has 0 radical (unpaired) electrons. The van der Waals surface area contributed by atoms with Crippen molar-refractivity contribution < 1.29 is 14.4 Å². The van der Waals surface area contributed by atoms with Crippen LogP contribution in [0.15, 0.2) is 0 Å². The highest BCUT2D eigenvalue weighted by atomic mass is 16.2. The molecule has 0 spiro atoms. The summed E-state index contributed by atoms with van der Waals surface area (Å²) in [7, 11) is 0. The standard InChI is InChI=1S/C33H57N9O3/c1-25(2)7-10-28(43)37-13-19-40(20-14-37)31-34-32(41-21-15-38(16-22-41)29(44)11-8-26(3)4)36-33(35-31)42-23-17-39(18-24-42)30(45)12-9-27(5)6/h25-27H,7-24H2,1-6H3. The lowest BCUT2D eigenvalue weighted by molar-refractivity contribution is -0.132. The van der Waals surface area contributed by atoms with Crippen molar-refractivity contribution >= 4 is 35.6 Å². The molecule has 3 fully saturated rings. The molecular formula is C33H57N9O3. The molecule has 3 aliphatic heterocycles. The van der Waals surface area contributed by atoms with Crippen LogP contribution >= 0.6 is 0 Å². The van der Waals surface area contributed by atoms with Gasteiger partial charge in [-0.25, -0.2) is 0 Å². The van der Waals surface area contributed by atoms with Gasteiger partial charge in [-0.2, -0.15) is 15.0 Å². The van der Waals surface area contributed by atoms with Crippen molar-refractivity contribution in [1.82, 2.24) is 29.7 Å². The van der Waals surface area contributed by atoms with Crippen LogP contribution in [0.25, 0.3) is 0 Å². The summed E-state index contributed by atoms with van der Waals surface area (Å²) in [6.45, 7) is 20.9. The smallest absolute Gasteiger partial charge is 0.232 e. The molecule has 252 valence electrons. The first kappa shape index (κ1) is 34.7. The number of carbonyl (C=O) groups is 3. The number of piperazine rings is 3. The van der Waals surface area contributed by atoms with Crippen LogP contribution in [0.3, 0.4) is 0 Å². The third kappa shape index (κ3) is 10.2. The number of aromatic nitrogens is 3. The molecule has 12 heteroatoms. The molecule has 0 N–H and O–H groups in total. The van der Waals surface area contributed by atoms with Gasteiger partial charge in [-0.15, -0.1) is 0 Å². The van der Waals surface area contributed by atoms with Gasteiger partial charge in [-0.1, -0.05) is 41.5 Å². The Morgan fingerprint density at radius 3 is 0.867 bits per heavy atom. The van der Waals surface area contributed by atoms with Crippen molar-refractivity contribution in [2.75, 3.05) is 93.2 Å². The van der Waals surface area contributed by atoms with Crippen molar-refractivity contribution in [2.45, 2.75) is 80.1 Å². The van der Waals surface area contributed by atoms with Gasteiger partial charge in [0.1, 0.15) is 0 Å². The van der Waals surface area contributed by atoms with E-state index in [1.165, 1.54) is 0 Å². The highest BCUT2D eigenvalue weighted by Crippen LogP contribution is 2.23. The first-order chi connectivity index (χ1) is 21.5. The van der Waals surface area contributed by atoms with E-state index < -0.39 is 0 Å². The number of hydrogen-bond donors (Lipinski definition) is 0. The molecule has 0 aromatic carbocycles. The summed E-state index contributed by atoms with van der Waals surface area (Å²) in [4.78, 5) is 65.5. The van der Waals surface area contributed by atoms with Crippen LogP contribution in [0.4, 0.5) is 17.8 Å². The summed E-state index contributed by atoms with van der Waals surface area (Å²) in [5.74, 6) is 4.11. The van der Waals surface area contributed by atoms with Crippen molar-refractivity contribution in [3.05, 3.63) is 0 Å². The minimum absolute atomic E-state index is 0.224. The van der Waals surface area contributed by atoms with Gasteiger partial charge in [0.25, 0.3) is 0 Å². The van der Waals surface area contributed by atoms with Crippen LogP contribution in [0.2, 0.25) is 0 Å². The quantitative estimate of drug-likeness (QED) is 0.345. The van der Waals surface area contributed by atoms with Gasteiger partial charge in [0.15, 0.2) is 0 Å². The number of amides is 3. The van der Waals surface area contributed by atoms with Gasteiger partial charge in [0.2, 0.25) is 35.6 Å². The second kappa shape index (κ2) is 16.4. The Morgan fingerprint density at radius 1 is 0.444 bits per heavy atom. The Labute approximate surface area is 270 Å². The molecule has 4 heterocycles. The maximum atomic E-state index is 12.8. The van der Waals surface area contributed by atoms with Crippen molar-refractivity contribution in [3.63, 3.8) is 0 Å². The van der Waals surface area contributed by atoms with Gasteiger partial charge < -0.3 is 29.4 Å². The third-order valence-electron chi connectivity index (χ3n) is 9.15. The van der Waals surface area contributed by atoms with Crippen molar-refractivity contribution in [2.24, 2.45) is 17.8 Å². The van der Waals surface area contributed by atoms with Gasteiger partial charge in [0.05, 0.1) is 0 Å². The summed E-state index contributed by atoms with van der Waals surface area (Å²) in [6.07, 6.45) is 4.51. The molecule has 0 bridgehead atoms. The van der Waals surface area contributed by atoms with Gasteiger partial charge in [-0.05, 0) is 37.0 Å². The Kier molecular flexibility index (Phi) is 12.6. The third-order valence-corrected chi connectivity index (χ3v) is 9.15. The van der Waals surface area contributed by atoms with E-state index in [1.807, 2.05) is 14.7 Å². The molecule has 0 saturated carbocycles. The van der Waals surface area contributed by atoms with E-state index in [1.54, 1.807) is 0 Å². The average Bonchev–Trinajstić information content (AvgIpc) is 3.05. The molecule has 4 rings (SSSR count). The van der Waals surface area contributed by atoms with Crippen LogP contribution in [-0.2, 0) is 14.4 Å². The van der Waals surface area contributed by atoms with E-state index in [-0.39, 0.29) is 17.7 Å². The van der Waals surface area contributed by atoms with Gasteiger partial charge >= 0.3 is 0 Å². The number of anilines is 3. The minimum Gasteiger partial charge on any atom is -0.339 e. The van der Waals surface area contributed by atoms with Crippen LogP contribution < -0.4 is 14.7 Å². The minimum atomic E-state index is 0.224. The maximum Gasteiger partial charge on any atom is 0.232 e. The Balaban J connectivity index is 1.45. The van der Waals surface area contributed by atoms with Crippen molar-refractivity contribution in [1.29, 1.82) is 0 Å². The average molecular weight is 628 g/mol. The zero-order valence-corrected chi connectivity index (χ0v) is 28.7. The second-order valence-corrected chi connectivity index (χ2v) is 14.1. The monoisotopic (exact) mass is 627 g/mol. The number of carbonyl (C=O) groups excluding carboxylic acids is 3. The largest absolute Gasteiger partial charge is 0.339 e. The normalized spacial score (nSPS) is 18.1. The first-order valence-electron chi connectivity index (χ1n) is 17.3. The summed E-state index contributed by atoms with van der Waals surface area (Å²) >= 11 is 0. The van der Waals surface area contributed by atoms with E-state index in [4.69, 9.17) is 15.0 Å². The maximum absolute atomic E-state index is 12.8. The molecule has 45 heavy (non-hydrogen) atoms. The Morgan fingerprint density at radius 2 is 0.667 bits per heavy atom. The predicted octanol–water partition coefficient (Wildman–Crippen LogP) is 3.13. The lowest BCUT2D eigenvalue weighted by Crippen LogP contribution is -2.51.